The van der Waals surface area contributed by atoms with Gasteiger partial charge in [-0.3, -0.25) is 4.79 Å². The molecule has 0 saturated carbocycles. The second-order valence-electron chi connectivity index (χ2n) is 5.40. The lowest BCUT2D eigenvalue weighted by molar-refractivity contribution is 0.0941. The van der Waals surface area contributed by atoms with E-state index in [1.54, 1.807) is 5.51 Å². The third-order valence-electron chi connectivity index (χ3n) is 3.82. The SMILES string of the molecule is Cc1ncsc1C(=O)NC(C)c1nnc2n1CCCCC2. The number of hydrogen-bond acceptors (Lipinski definition) is 5. The average molecular weight is 305 g/mol. The largest absolute Gasteiger partial charge is 0.342 e. The van der Waals surface area contributed by atoms with Crippen molar-refractivity contribution in [2.75, 3.05) is 0 Å². The van der Waals surface area contributed by atoms with Gasteiger partial charge in [0.2, 0.25) is 0 Å². The standard InChI is InChI=1S/C14H19N5OS/c1-9-12(21-8-15-9)14(20)16-10(2)13-18-17-11-6-4-3-5-7-19(11)13/h8,10H,3-7H2,1-2H3,(H,16,20). The highest BCUT2D eigenvalue weighted by atomic mass is 32.1. The van der Waals surface area contributed by atoms with Gasteiger partial charge in [0.15, 0.2) is 5.82 Å². The number of rotatable bonds is 3. The van der Waals surface area contributed by atoms with E-state index in [0.29, 0.717) is 4.88 Å². The summed E-state index contributed by atoms with van der Waals surface area (Å²) in [4.78, 5) is 17.0. The van der Waals surface area contributed by atoms with Crippen molar-refractivity contribution in [2.24, 2.45) is 0 Å². The van der Waals surface area contributed by atoms with Crippen LogP contribution in [0.5, 0.6) is 0 Å². The Morgan fingerprint density at radius 3 is 3.00 bits per heavy atom. The van der Waals surface area contributed by atoms with Gasteiger partial charge in [0.25, 0.3) is 5.91 Å². The zero-order valence-electron chi connectivity index (χ0n) is 12.3. The Morgan fingerprint density at radius 2 is 2.24 bits per heavy atom. The Bertz CT molecular complexity index is 648. The number of nitrogens with zero attached hydrogens (tertiary/aromatic N) is 4. The van der Waals surface area contributed by atoms with Gasteiger partial charge in [-0.25, -0.2) is 4.98 Å². The predicted molar refractivity (Wildman–Crippen MR) is 80.3 cm³/mol. The van der Waals surface area contributed by atoms with Gasteiger partial charge in [0, 0.05) is 13.0 Å². The summed E-state index contributed by atoms with van der Waals surface area (Å²) in [6, 6.07) is -0.154. The Hall–Kier alpha value is -1.76. The first-order valence-electron chi connectivity index (χ1n) is 7.29. The van der Waals surface area contributed by atoms with Gasteiger partial charge in [-0.05, 0) is 26.7 Å². The average Bonchev–Trinajstić information content (AvgIpc) is 2.99. The van der Waals surface area contributed by atoms with E-state index >= 15 is 0 Å². The van der Waals surface area contributed by atoms with Gasteiger partial charge in [-0.15, -0.1) is 21.5 Å². The van der Waals surface area contributed by atoms with E-state index in [1.807, 2.05) is 13.8 Å². The van der Waals surface area contributed by atoms with Crippen LogP contribution in [0.1, 0.15) is 59.2 Å². The third-order valence-corrected chi connectivity index (χ3v) is 4.75. The van der Waals surface area contributed by atoms with Crippen LogP contribution in [0.25, 0.3) is 0 Å². The molecule has 1 aliphatic rings. The van der Waals surface area contributed by atoms with E-state index in [1.165, 1.54) is 24.2 Å². The topological polar surface area (TPSA) is 72.7 Å². The number of nitrogens with one attached hydrogen (secondary N) is 1. The normalized spacial score (nSPS) is 16.1. The molecule has 0 aliphatic carbocycles. The van der Waals surface area contributed by atoms with Crippen LogP contribution in [0.3, 0.4) is 0 Å². The van der Waals surface area contributed by atoms with E-state index < -0.39 is 0 Å². The Balaban J connectivity index is 1.77. The number of amides is 1. The first-order valence-corrected chi connectivity index (χ1v) is 8.17. The van der Waals surface area contributed by atoms with E-state index in [0.717, 1.165) is 36.7 Å². The van der Waals surface area contributed by atoms with Crippen LogP contribution in [0.15, 0.2) is 5.51 Å². The van der Waals surface area contributed by atoms with Gasteiger partial charge in [0.05, 0.1) is 17.2 Å². The first-order chi connectivity index (χ1) is 10.2. The molecule has 112 valence electrons. The molecule has 0 fully saturated rings. The molecule has 1 amide bonds. The van der Waals surface area contributed by atoms with Crippen molar-refractivity contribution in [2.45, 2.75) is 52.1 Å². The van der Waals surface area contributed by atoms with Crippen molar-refractivity contribution in [1.82, 2.24) is 25.1 Å². The van der Waals surface area contributed by atoms with Crippen LogP contribution in [0.2, 0.25) is 0 Å². The van der Waals surface area contributed by atoms with Crippen LogP contribution >= 0.6 is 11.3 Å². The summed E-state index contributed by atoms with van der Waals surface area (Å²) < 4.78 is 2.16. The molecule has 1 N–H and O–H groups in total. The highest BCUT2D eigenvalue weighted by molar-refractivity contribution is 7.11. The number of aromatic nitrogens is 4. The van der Waals surface area contributed by atoms with Crippen molar-refractivity contribution >= 4 is 17.2 Å². The fourth-order valence-corrected chi connectivity index (χ4v) is 3.38. The molecule has 0 saturated heterocycles. The van der Waals surface area contributed by atoms with E-state index in [2.05, 4.69) is 25.1 Å². The third kappa shape index (κ3) is 2.83. The van der Waals surface area contributed by atoms with Crippen LogP contribution in [0, 0.1) is 6.92 Å². The van der Waals surface area contributed by atoms with Gasteiger partial charge >= 0.3 is 0 Å². The molecule has 3 rings (SSSR count). The molecule has 0 bridgehead atoms. The number of hydrogen-bond donors (Lipinski definition) is 1. The first kappa shape index (κ1) is 14.2. The lowest BCUT2D eigenvalue weighted by Gasteiger charge is -2.15. The van der Waals surface area contributed by atoms with Crippen LogP contribution < -0.4 is 5.32 Å². The number of fused-ring (bicyclic) bond motifs is 1. The fourth-order valence-electron chi connectivity index (χ4n) is 2.67. The molecule has 2 aromatic rings. The molecule has 1 unspecified atom stereocenters. The van der Waals surface area contributed by atoms with Crippen LogP contribution in [-0.2, 0) is 13.0 Å². The molecule has 0 radical (unpaired) electrons. The minimum atomic E-state index is -0.154. The number of aryl methyl sites for hydroxylation is 2. The molecule has 2 aromatic heterocycles. The van der Waals surface area contributed by atoms with Gasteiger partial charge in [-0.1, -0.05) is 6.42 Å². The molecular formula is C14H19N5OS. The monoisotopic (exact) mass is 305 g/mol. The van der Waals surface area contributed by atoms with E-state index in [4.69, 9.17) is 0 Å². The van der Waals surface area contributed by atoms with Gasteiger partial charge < -0.3 is 9.88 Å². The van der Waals surface area contributed by atoms with E-state index in [-0.39, 0.29) is 11.9 Å². The highest BCUT2D eigenvalue weighted by Crippen LogP contribution is 2.20. The highest BCUT2D eigenvalue weighted by Gasteiger charge is 2.22. The molecule has 1 atom stereocenters. The zero-order chi connectivity index (χ0) is 14.8. The maximum Gasteiger partial charge on any atom is 0.263 e. The maximum atomic E-state index is 12.3. The molecule has 7 heteroatoms. The smallest absolute Gasteiger partial charge is 0.263 e. The molecular weight excluding hydrogens is 286 g/mol. The molecule has 6 nitrogen and oxygen atoms in total. The summed E-state index contributed by atoms with van der Waals surface area (Å²) in [7, 11) is 0. The molecule has 3 heterocycles. The summed E-state index contributed by atoms with van der Waals surface area (Å²) >= 11 is 1.36. The summed E-state index contributed by atoms with van der Waals surface area (Å²) in [6.07, 6.45) is 4.51. The van der Waals surface area contributed by atoms with Crippen LogP contribution in [-0.4, -0.2) is 25.7 Å². The zero-order valence-corrected chi connectivity index (χ0v) is 13.1. The van der Waals surface area contributed by atoms with Gasteiger partial charge in [0.1, 0.15) is 10.7 Å². The van der Waals surface area contributed by atoms with E-state index in [9.17, 15) is 4.79 Å². The molecule has 1 aliphatic heterocycles. The van der Waals surface area contributed by atoms with Gasteiger partial charge in [-0.2, -0.15) is 0 Å². The Labute approximate surface area is 127 Å². The number of carbonyl (C=O) groups is 1. The van der Waals surface area contributed by atoms with Crippen molar-refractivity contribution in [3.63, 3.8) is 0 Å². The second-order valence-corrected chi connectivity index (χ2v) is 6.25. The quantitative estimate of drug-likeness (QED) is 0.944. The lowest BCUT2D eigenvalue weighted by Crippen LogP contribution is -2.28. The Morgan fingerprint density at radius 1 is 1.38 bits per heavy atom. The summed E-state index contributed by atoms with van der Waals surface area (Å²) in [6.45, 7) is 4.74. The molecule has 0 spiro atoms. The van der Waals surface area contributed by atoms with Crippen molar-refractivity contribution in [3.05, 3.63) is 27.7 Å². The lowest BCUT2D eigenvalue weighted by atomic mass is 10.2. The molecule has 21 heavy (non-hydrogen) atoms. The maximum absolute atomic E-state index is 12.3. The second kappa shape index (κ2) is 5.93. The minimum absolute atomic E-state index is 0.0894. The molecule has 0 aromatic carbocycles. The number of carbonyl (C=O) groups excluding carboxylic acids is 1. The minimum Gasteiger partial charge on any atom is -0.342 e. The van der Waals surface area contributed by atoms with Crippen LogP contribution in [0.4, 0.5) is 0 Å². The summed E-state index contributed by atoms with van der Waals surface area (Å²) in [5, 5.41) is 11.6. The Kier molecular flexibility index (Phi) is 4.01. The fraction of sp³-hybridized carbons (Fsp3) is 0.571. The van der Waals surface area contributed by atoms with Crippen molar-refractivity contribution in [1.29, 1.82) is 0 Å². The summed E-state index contributed by atoms with van der Waals surface area (Å²) in [5.41, 5.74) is 2.46. The summed E-state index contributed by atoms with van der Waals surface area (Å²) in [5.74, 6) is 1.80. The van der Waals surface area contributed by atoms with Crippen molar-refractivity contribution in [3.8, 4) is 0 Å². The number of thiazole rings is 1. The predicted octanol–water partition coefficient (Wildman–Crippen LogP) is 2.26. The van der Waals surface area contributed by atoms with Crippen molar-refractivity contribution < 1.29 is 4.79 Å².